The zero-order valence-electron chi connectivity index (χ0n) is 24.7. The average molecular weight is 873 g/mol. The molecule has 0 saturated carbocycles. The van der Waals surface area contributed by atoms with Crippen LogP contribution in [0.5, 0.6) is 0 Å². The van der Waals surface area contributed by atoms with Crippen molar-refractivity contribution in [2.24, 2.45) is 0 Å². The number of hydrogen-bond acceptors (Lipinski definition) is 20. The number of hydrogen-bond donors (Lipinski definition) is 9. The molecule has 0 aromatic carbocycles. The van der Waals surface area contributed by atoms with Crippen molar-refractivity contribution in [1.82, 2.24) is 29.5 Å². The summed E-state index contributed by atoms with van der Waals surface area (Å²) in [6.07, 6.45) is -5.70. The number of phosphoric acid groups is 2. The number of ether oxygens (including phenoxy) is 2. The number of aliphatic hydroxyl groups excluding tert-OH is 2. The quantitative estimate of drug-likeness (QED) is 0.0555. The third-order valence-electron chi connectivity index (χ3n) is 6.94. The molecule has 3 aliphatic rings. The molecule has 0 amide bonds. The maximum absolute atomic E-state index is 12.6. The summed E-state index contributed by atoms with van der Waals surface area (Å²) in [4.78, 5) is 50.8. The van der Waals surface area contributed by atoms with E-state index in [0.29, 0.717) is 0 Å². The van der Waals surface area contributed by atoms with Crippen LogP contribution in [0.2, 0.25) is 0 Å². The Bertz CT molecular complexity index is 1880. The van der Waals surface area contributed by atoms with Gasteiger partial charge in [0.25, 0.3) is 5.56 Å². The molecule has 2 unspecified atom stereocenters. The predicted molar refractivity (Wildman–Crippen MR) is 170 cm³/mol. The number of aromatic nitrogens is 6. The summed E-state index contributed by atoms with van der Waals surface area (Å²) in [5.41, 5.74) is 11.2. The monoisotopic (exact) mass is 874 g/mol. The van der Waals surface area contributed by atoms with E-state index in [1.54, 1.807) is 0 Å². The maximum atomic E-state index is 12.6. The second-order valence-corrected chi connectivity index (χ2v) is 13.9. The van der Waals surface area contributed by atoms with Gasteiger partial charge in [-0.05, 0) is 0 Å². The van der Waals surface area contributed by atoms with Gasteiger partial charge in [-0.25, -0.2) is 24.1 Å². The van der Waals surface area contributed by atoms with Crippen LogP contribution in [0.25, 0.3) is 11.2 Å². The first-order valence-electron chi connectivity index (χ1n) is 12.9. The largest absolute Gasteiger partial charge is 2.00 e. The van der Waals surface area contributed by atoms with E-state index in [1.165, 1.54) is 10.9 Å². The molecule has 0 spiro atoms. The van der Waals surface area contributed by atoms with Gasteiger partial charge in [0.1, 0.15) is 35.8 Å². The minimum absolute atomic E-state index is 0. The fraction of sp³-hybridized carbons (Fsp3) is 0.450. The minimum Gasteiger partial charge on any atom is -0.783 e. The predicted octanol–water partition coefficient (Wildman–Crippen LogP) is -4.60. The molecule has 0 aliphatic carbocycles. The molecule has 3 aromatic heterocycles. The number of phosphoric ester groups is 2. The van der Waals surface area contributed by atoms with Crippen molar-refractivity contribution < 1.29 is 89.5 Å². The van der Waals surface area contributed by atoms with Crippen molar-refractivity contribution in [3.8, 4) is 0 Å². The van der Waals surface area contributed by atoms with Gasteiger partial charge in [0.15, 0.2) is 29.7 Å². The molecule has 3 aliphatic heterocycles. The summed E-state index contributed by atoms with van der Waals surface area (Å²) in [5.74, 6) is -0.0556. The molecule has 25 nitrogen and oxygen atoms in total. The molecule has 50 heavy (non-hydrogen) atoms. The number of rotatable bonds is 9. The first-order chi connectivity index (χ1) is 21.6. The average Bonchev–Trinajstić information content (AvgIpc) is 3.53. The molecular formula is C20H30MoN10O15P2S2. The normalized spacial score (nSPS) is 27.7. The van der Waals surface area contributed by atoms with Crippen LogP contribution in [0.15, 0.2) is 27.3 Å². The number of nitrogen functional groups attached to an aromatic ring is 2. The molecular weight excluding hydrogens is 842 g/mol. The van der Waals surface area contributed by atoms with Crippen molar-refractivity contribution in [3.63, 3.8) is 0 Å². The van der Waals surface area contributed by atoms with Crippen molar-refractivity contribution in [2.75, 3.05) is 35.3 Å². The van der Waals surface area contributed by atoms with Gasteiger partial charge < -0.3 is 93.3 Å². The first kappa shape index (κ1) is 43.6. The van der Waals surface area contributed by atoms with E-state index in [4.69, 9.17) is 55.2 Å². The van der Waals surface area contributed by atoms with Gasteiger partial charge in [-0.15, -0.1) is 0 Å². The Hall–Kier alpha value is -2.52. The van der Waals surface area contributed by atoms with Gasteiger partial charge in [0, 0.05) is 0 Å². The Morgan fingerprint density at radius 2 is 1.62 bits per heavy atom. The Morgan fingerprint density at radius 1 is 0.960 bits per heavy atom. The van der Waals surface area contributed by atoms with Crippen LogP contribution in [-0.4, -0.2) is 116 Å². The third kappa shape index (κ3) is 8.57. The van der Waals surface area contributed by atoms with E-state index < -0.39 is 77.3 Å². The number of aliphatic hydroxyl groups is 2. The zero-order valence-corrected chi connectivity index (χ0v) is 30.1. The summed E-state index contributed by atoms with van der Waals surface area (Å²) in [7, 11) is -10.7. The summed E-state index contributed by atoms with van der Waals surface area (Å²) in [6.45, 7) is -1.64. The van der Waals surface area contributed by atoms with Crippen LogP contribution >= 0.6 is 15.6 Å². The number of nitrogens with zero attached hydrogens (tertiary/aromatic N) is 5. The van der Waals surface area contributed by atoms with Crippen molar-refractivity contribution in [1.29, 1.82) is 0 Å². The summed E-state index contributed by atoms with van der Waals surface area (Å²) in [5, 5.41) is 26.7. The topological polar surface area (TPSA) is 421 Å². The van der Waals surface area contributed by atoms with Crippen LogP contribution < -0.4 is 27.7 Å². The standard InChI is InChI=1S/C20H26N10O12P2S2.Mo.3H2O/c21-14-8-16(24-3-23-14)30(4-25-8)19-11(32)10(31)5(41-19)1-38-43(34,35)42-44(36,37)39-2-6-12(45)13(46)7-18(40-6)27-15-9(26-7)17(33)29-20(22)28-15;;;;/h3-7,10-11,18-19,26,31-32,45-46H,1-2H2,(H,34,35)(H,36,37)(H2,21,23,24)(H4,22,27,28,29,33);;3*1H2/q;+2;;;/p-2/t5-,6-,7+,10-,11-,18-,19-;;;;/m1..../s1. The van der Waals surface area contributed by atoms with Crippen molar-refractivity contribution in [3.05, 3.63) is 32.8 Å². The molecule has 0 radical (unpaired) electrons. The van der Waals surface area contributed by atoms with Crippen LogP contribution in [0.1, 0.15) is 6.23 Å². The van der Waals surface area contributed by atoms with E-state index in [-0.39, 0.29) is 81.7 Å². The number of nitrogens with two attached hydrogens (primary N) is 2. The van der Waals surface area contributed by atoms with Crippen LogP contribution in [-0.2, 0) is 78.3 Å². The summed E-state index contributed by atoms with van der Waals surface area (Å²) >= 11 is 10.7. The minimum atomic E-state index is -5.35. The molecule has 1 saturated heterocycles. The number of anilines is 4. The zero-order chi connectivity index (χ0) is 33.1. The van der Waals surface area contributed by atoms with Crippen LogP contribution in [0, 0.1) is 0 Å². The van der Waals surface area contributed by atoms with Gasteiger partial charge in [-0.3, -0.25) is 23.4 Å². The summed E-state index contributed by atoms with van der Waals surface area (Å²) < 4.78 is 51.7. The molecule has 0 bridgehead atoms. The van der Waals surface area contributed by atoms with E-state index >= 15 is 0 Å². The molecule has 9 atom stereocenters. The Balaban J connectivity index is 0.00000217. The number of fused-ring (bicyclic) bond motifs is 3. The molecule has 6 rings (SSSR count). The van der Waals surface area contributed by atoms with E-state index in [9.17, 15) is 33.9 Å². The van der Waals surface area contributed by atoms with Crippen molar-refractivity contribution in [2.45, 2.75) is 42.9 Å². The summed E-state index contributed by atoms with van der Waals surface area (Å²) in [6, 6.07) is -0.800. The van der Waals surface area contributed by atoms with E-state index in [0.717, 1.165) is 6.33 Å². The smallest absolute Gasteiger partial charge is 0.783 e. The Kier molecular flexibility index (Phi) is 14.3. The van der Waals surface area contributed by atoms with Crippen LogP contribution in [0.4, 0.5) is 23.3 Å². The Morgan fingerprint density at radius 3 is 2.30 bits per heavy atom. The van der Waals surface area contributed by atoms with E-state index in [2.05, 4.69) is 39.9 Å². The first-order valence-corrected chi connectivity index (χ1v) is 16.7. The SMILES string of the molecule is Nc1nc2c(c(=O)[nH]1)N[C@H]1C([S-])=C([S-])[C@@H](COP(=O)(O)OP(=O)(O)OC[C@H]3O[C@@H](n4cnc5c(N)ncnc54)[C@H](O)[C@@H]3O)O[C@H]1N2.O.O.O.[Mo+2]. The second kappa shape index (κ2) is 16.4. The molecule has 17 N–H and O–H groups in total. The fourth-order valence-corrected chi connectivity index (χ4v) is 7.46. The number of nitrogens with one attached hydrogen (secondary N) is 3. The van der Waals surface area contributed by atoms with Gasteiger partial charge in [-0.2, -0.15) is 19.1 Å². The molecule has 1 fully saturated rings. The van der Waals surface area contributed by atoms with Gasteiger partial charge in [0.2, 0.25) is 5.95 Å². The number of aromatic amines is 1. The third-order valence-corrected chi connectivity index (χ3v) is 10.6. The van der Waals surface area contributed by atoms with E-state index in [1.807, 2.05) is 0 Å². The number of imidazole rings is 1. The molecule has 6 heterocycles. The number of H-pyrrole nitrogens is 1. The second-order valence-electron chi connectivity index (χ2n) is 9.95. The Labute approximate surface area is 304 Å². The maximum Gasteiger partial charge on any atom is 2.00 e. The van der Waals surface area contributed by atoms with Gasteiger partial charge >= 0.3 is 36.7 Å². The molecule has 3 aromatic rings. The fourth-order valence-electron chi connectivity index (χ4n) is 4.82. The van der Waals surface area contributed by atoms with Gasteiger partial charge in [-0.1, -0.05) is 0 Å². The molecule has 278 valence electrons. The molecule has 30 heteroatoms. The van der Waals surface area contributed by atoms with Gasteiger partial charge in [0.05, 0.1) is 31.7 Å². The van der Waals surface area contributed by atoms with Crippen molar-refractivity contribution >= 4 is 75.3 Å². The van der Waals surface area contributed by atoms with Crippen LogP contribution in [0.3, 0.4) is 0 Å².